The zero-order valence-corrected chi connectivity index (χ0v) is 12.7. The van der Waals surface area contributed by atoms with E-state index in [1.54, 1.807) is 13.0 Å². The van der Waals surface area contributed by atoms with Gasteiger partial charge in [-0.2, -0.15) is 0 Å². The molecule has 0 aromatic heterocycles. The standard InChI is InChI=1S/C14H19NO4S/c1-10-6-4-5-7-12(10)15-13(16)9-20(18)8-11(2)14(17)19-3/h4-7,11H,8-9H2,1-3H3,(H,15,16). The quantitative estimate of drug-likeness (QED) is 0.808. The summed E-state index contributed by atoms with van der Waals surface area (Å²) >= 11 is 0. The van der Waals surface area contributed by atoms with E-state index >= 15 is 0 Å². The van der Waals surface area contributed by atoms with Crippen LogP contribution in [0.4, 0.5) is 5.69 Å². The van der Waals surface area contributed by atoms with Gasteiger partial charge in [0.25, 0.3) is 0 Å². The predicted octanol–water partition coefficient (Wildman–Crippen LogP) is 1.49. The number of benzene rings is 1. The van der Waals surface area contributed by atoms with E-state index in [2.05, 4.69) is 10.1 Å². The van der Waals surface area contributed by atoms with Crippen LogP contribution in [0.25, 0.3) is 0 Å². The molecule has 20 heavy (non-hydrogen) atoms. The van der Waals surface area contributed by atoms with Crippen molar-refractivity contribution in [1.29, 1.82) is 0 Å². The number of para-hydroxylation sites is 1. The van der Waals surface area contributed by atoms with Gasteiger partial charge in [-0.3, -0.25) is 13.8 Å². The number of hydrogen-bond donors (Lipinski definition) is 1. The van der Waals surface area contributed by atoms with Crippen LogP contribution in [0.2, 0.25) is 0 Å². The van der Waals surface area contributed by atoms with Gasteiger partial charge in [0.15, 0.2) is 0 Å². The van der Waals surface area contributed by atoms with Crippen LogP contribution >= 0.6 is 0 Å². The Morgan fingerprint density at radius 3 is 2.60 bits per heavy atom. The van der Waals surface area contributed by atoms with Crippen molar-refractivity contribution in [3.8, 4) is 0 Å². The zero-order chi connectivity index (χ0) is 15.1. The second kappa shape index (κ2) is 7.79. The monoisotopic (exact) mass is 297 g/mol. The number of carbonyl (C=O) groups excluding carboxylic acids is 2. The van der Waals surface area contributed by atoms with E-state index in [0.29, 0.717) is 5.69 Å². The minimum absolute atomic E-state index is 0.119. The highest BCUT2D eigenvalue weighted by Crippen LogP contribution is 2.13. The molecule has 0 aliphatic carbocycles. The number of ether oxygens (including phenoxy) is 1. The average molecular weight is 297 g/mol. The van der Waals surface area contributed by atoms with Gasteiger partial charge in [0.1, 0.15) is 5.75 Å². The zero-order valence-electron chi connectivity index (χ0n) is 11.8. The third-order valence-electron chi connectivity index (χ3n) is 2.75. The van der Waals surface area contributed by atoms with Crippen LogP contribution in [-0.4, -0.2) is 34.7 Å². The molecule has 0 fully saturated rings. The summed E-state index contributed by atoms with van der Waals surface area (Å²) < 4.78 is 16.4. The topological polar surface area (TPSA) is 72.5 Å². The van der Waals surface area contributed by atoms with Crippen molar-refractivity contribution in [3.63, 3.8) is 0 Å². The molecule has 1 amide bonds. The van der Waals surface area contributed by atoms with E-state index in [1.807, 2.05) is 25.1 Å². The first-order valence-corrected chi connectivity index (χ1v) is 7.71. The number of hydrogen-bond acceptors (Lipinski definition) is 4. The number of nitrogens with one attached hydrogen (secondary N) is 1. The first kappa shape index (κ1) is 16.4. The highest BCUT2D eigenvalue weighted by molar-refractivity contribution is 7.85. The Bertz CT molecular complexity index is 516. The van der Waals surface area contributed by atoms with Gasteiger partial charge in [0.05, 0.1) is 13.0 Å². The summed E-state index contributed by atoms with van der Waals surface area (Å²) in [6.45, 7) is 3.51. The van der Waals surface area contributed by atoms with Crippen LogP contribution in [-0.2, 0) is 25.1 Å². The summed E-state index contributed by atoms with van der Waals surface area (Å²) in [5.41, 5.74) is 1.64. The largest absolute Gasteiger partial charge is 0.469 e. The number of aryl methyl sites for hydroxylation is 1. The Labute approximate surface area is 121 Å². The van der Waals surface area contributed by atoms with Crippen molar-refractivity contribution in [1.82, 2.24) is 0 Å². The lowest BCUT2D eigenvalue weighted by atomic mass is 10.2. The summed E-state index contributed by atoms with van der Waals surface area (Å²) in [6, 6.07) is 7.36. The number of rotatable bonds is 6. The summed E-state index contributed by atoms with van der Waals surface area (Å²) in [5.74, 6) is -1.23. The number of anilines is 1. The Hall–Kier alpha value is -1.69. The van der Waals surface area contributed by atoms with Crippen molar-refractivity contribution in [3.05, 3.63) is 29.8 Å². The van der Waals surface area contributed by atoms with E-state index in [1.165, 1.54) is 7.11 Å². The first-order valence-electron chi connectivity index (χ1n) is 6.22. The molecule has 110 valence electrons. The van der Waals surface area contributed by atoms with Crippen molar-refractivity contribution in [2.45, 2.75) is 13.8 Å². The fourth-order valence-electron chi connectivity index (χ4n) is 1.65. The minimum atomic E-state index is -1.40. The molecule has 1 aromatic carbocycles. The molecule has 0 saturated carbocycles. The molecule has 0 bridgehead atoms. The third kappa shape index (κ3) is 5.13. The molecule has 0 aliphatic rings. The van der Waals surface area contributed by atoms with Crippen LogP contribution < -0.4 is 5.32 Å². The Balaban J connectivity index is 2.49. The van der Waals surface area contributed by atoms with Crippen LogP contribution in [0, 0.1) is 12.8 Å². The van der Waals surface area contributed by atoms with Crippen molar-refractivity contribution >= 4 is 28.4 Å². The number of carbonyl (C=O) groups is 2. The Kier molecular flexibility index (Phi) is 6.38. The van der Waals surface area contributed by atoms with Gasteiger partial charge in [-0.25, -0.2) is 0 Å². The SMILES string of the molecule is COC(=O)C(C)CS(=O)CC(=O)Nc1ccccc1C. The molecule has 1 rings (SSSR count). The summed E-state index contributed by atoms with van der Waals surface area (Å²) in [6.07, 6.45) is 0. The molecule has 0 radical (unpaired) electrons. The van der Waals surface area contributed by atoms with E-state index in [9.17, 15) is 13.8 Å². The fourth-order valence-corrected chi connectivity index (χ4v) is 2.83. The molecule has 1 aromatic rings. The Morgan fingerprint density at radius 1 is 1.35 bits per heavy atom. The van der Waals surface area contributed by atoms with Gasteiger partial charge in [0, 0.05) is 22.2 Å². The molecule has 5 nitrogen and oxygen atoms in total. The summed E-state index contributed by atoms with van der Waals surface area (Å²) in [4.78, 5) is 23.0. The molecule has 1 N–H and O–H groups in total. The maximum Gasteiger partial charge on any atom is 0.309 e. The minimum Gasteiger partial charge on any atom is -0.469 e. The molecular formula is C14H19NO4S. The van der Waals surface area contributed by atoms with E-state index in [4.69, 9.17) is 0 Å². The molecule has 6 heteroatoms. The number of esters is 1. The fraction of sp³-hybridized carbons (Fsp3) is 0.429. The smallest absolute Gasteiger partial charge is 0.309 e. The molecule has 0 saturated heterocycles. The molecule has 2 atom stereocenters. The summed E-state index contributed by atoms with van der Waals surface area (Å²) in [5, 5.41) is 2.71. The molecule has 0 aliphatic heterocycles. The van der Waals surface area contributed by atoms with E-state index < -0.39 is 22.7 Å². The van der Waals surface area contributed by atoms with Gasteiger partial charge in [-0.05, 0) is 18.6 Å². The maximum atomic E-state index is 11.8. The third-order valence-corrected chi connectivity index (χ3v) is 4.21. The lowest BCUT2D eigenvalue weighted by molar-refractivity contribution is -0.144. The van der Waals surface area contributed by atoms with Gasteiger partial charge in [-0.1, -0.05) is 25.1 Å². The first-order chi connectivity index (χ1) is 9.43. The second-order valence-corrected chi connectivity index (χ2v) is 6.04. The van der Waals surface area contributed by atoms with Crippen LogP contribution in [0.5, 0.6) is 0 Å². The second-order valence-electron chi connectivity index (χ2n) is 4.54. The van der Waals surface area contributed by atoms with Gasteiger partial charge >= 0.3 is 5.97 Å². The molecule has 0 spiro atoms. The molecule has 0 heterocycles. The van der Waals surface area contributed by atoms with Gasteiger partial charge < -0.3 is 10.1 Å². The van der Waals surface area contributed by atoms with E-state index in [-0.39, 0.29) is 17.4 Å². The normalized spacial score (nSPS) is 13.3. The van der Waals surface area contributed by atoms with Crippen LogP contribution in [0.15, 0.2) is 24.3 Å². The Morgan fingerprint density at radius 2 is 2.00 bits per heavy atom. The predicted molar refractivity (Wildman–Crippen MR) is 78.9 cm³/mol. The van der Waals surface area contributed by atoms with Crippen LogP contribution in [0.1, 0.15) is 12.5 Å². The maximum absolute atomic E-state index is 11.8. The van der Waals surface area contributed by atoms with Gasteiger partial charge in [0.2, 0.25) is 5.91 Å². The highest BCUT2D eigenvalue weighted by Gasteiger charge is 2.18. The lowest BCUT2D eigenvalue weighted by Gasteiger charge is -2.10. The average Bonchev–Trinajstić information content (AvgIpc) is 2.40. The number of amides is 1. The summed E-state index contributed by atoms with van der Waals surface area (Å²) in [7, 11) is -0.111. The van der Waals surface area contributed by atoms with E-state index in [0.717, 1.165) is 5.56 Å². The van der Waals surface area contributed by atoms with Crippen molar-refractivity contribution in [2.24, 2.45) is 5.92 Å². The van der Waals surface area contributed by atoms with Crippen molar-refractivity contribution < 1.29 is 18.5 Å². The highest BCUT2D eigenvalue weighted by atomic mass is 32.2. The lowest BCUT2D eigenvalue weighted by Crippen LogP contribution is -2.26. The van der Waals surface area contributed by atoms with Gasteiger partial charge in [-0.15, -0.1) is 0 Å². The number of methoxy groups -OCH3 is 1. The molecular weight excluding hydrogens is 278 g/mol. The van der Waals surface area contributed by atoms with Crippen molar-refractivity contribution in [2.75, 3.05) is 23.9 Å². The van der Waals surface area contributed by atoms with Crippen LogP contribution in [0.3, 0.4) is 0 Å². The molecule has 2 unspecified atom stereocenters.